The fourth-order valence-corrected chi connectivity index (χ4v) is 6.51. The largest absolute Gasteiger partial charge is 0.480 e. The molecule has 0 saturated carbocycles. The number of unbranched alkanes of at least 4 members (excludes halogenated alkanes) is 28. The van der Waals surface area contributed by atoms with Gasteiger partial charge in [-0.1, -0.05) is 194 Å². The summed E-state index contributed by atoms with van der Waals surface area (Å²) in [6, 6.07) is -1.32. The van der Waals surface area contributed by atoms with Gasteiger partial charge < -0.3 is 25.6 Å². The van der Waals surface area contributed by atoms with Crippen LogP contribution in [0.2, 0.25) is 0 Å². The molecule has 2 unspecified atom stereocenters. The fourth-order valence-electron chi connectivity index (χ4n) is 6.51. The summed E-state index contributed by atoms with van der Waals surface area (Å²) in [5.74, 6) is -2.58. The lowest BCUT2D eigenvalue weighted by Crippen LogP contribution is -2.41. The molecule has 306 valence electrons. The summed E-state index contributed by atoms with van der Waals surface area (Å²) in [6.45, 7) is 4.27. The minimum absolute atomic E-state index is 0.0813. The zero-order valence-corrected chi connectivity index (χ0v) is 33.9. The molecule has 0 aliphatic carbocycles. The third-order valence-electron chi connectivity index (χ3n) is 9.95. The van der Waals surface area contributed by atoms with Crippen molar-refractivity contribution in [2.75, 3.05) is 13.2 Å². The number of carboxylic acids is 1. The van der Waals surface area contributed by atoms with Crippen LogP contribution in [0.4, 0.5) is 0 Å². The second-order valence-electron chi connectivity index (χ2n) is 15.1. The molecule has 0 bridgehead atoms. The van der Waals surface area contributed by atoms with Gasteiger partial charge in [-0.05, 0) is 12.8 Å². The Kier molecular flexibility index (Phi) is 37.0. The molecule has 0 heterocycles. The quantitative estimate of drug-likeness (QED) is 0.0416. The minimum Gasteiger partial charge on any atom is -0.480 e. The Balaban J connectivity index is 4.16. The second-order valence-corrected chi connectivity index (χ2v) is 15.1. The van der Waals surface area contributed by atoms with Crippen molar-refractivity contribution in [1.82, 2.24) is 5.32 Å². The Hall–Kier alpha value is -2.16. The van der Waals surface area contributed by atoms with Gasteiger partial charge >= 0.3 is 17.9 Å². The highest BCUT2D eigenvalue weighted by Crippen LogP contribution is 2.16. The van der Waals surface area contributed by atoms with Gasteiger partial charge in [-0.3, -0.25) is 19.2 Å². The number of hydrogen-bond donors (Lipinski definition) is 3. The van der Waals surface area contributed by atoms with E-state index < -0.39 is 36.4 Å². The zero-order valence-electron chi connectivity index (χ0n) is 33.9. The number of amides is 1. The van der Waals surface area contributed by atoms with E-state index in [1.165, 1.54) is 154 Å². The normalized spacial score (nSPS) is 12.4. The lowest BCUT2D eigenvalue weighted by atomic mass is 10.0. The molecule has 0 rings (SSSR count). The van der Waals surface area contributed by atoms with Crippen LogP contribution in [0.3, 0.4) is 0 Å². The van der Waals surface area contributed by atoms with Gasteiger partial charge in [-0.25, -0.2) is 0 Å². The van der Waals surface area contributed by atoms with E-state index in [0.717, 1.165) is 38.5 Å². The number of nitrogens with one attached hydrogen (secondary N) is 1. The van der Waals surface area contributed by atoms with Gasteiger partial charge in [0.15, 0.2) is 6.10 Å². The van der Waals surface area contributed by atoms with Gasteiger partial charge in [0.25, 0.3) is 0 Å². The Bertz CT molecular complexity index is 853. The van der Waals surface area contributed by atoms with Crippen LogP contribution in [0.5, 0.6) is 0 Å². The predicted molar refractivity (Wildman–Crippen MR) is 213 cm³/mol. The van der Waals surface area contributed by atoms with Crippen molar-refractivity contribution in [2.45, 2.75) is 238 Å². The summed E-state index contributed by atoms with van der Waals surface area (Å²) in [6.07, 6.45) is 36.8. The summed E-state index contributed by atoms with van der Waals surface area (Å²) in [4.78, 5) is 48.2. The number of carbonyl (C=O) groups excluding carboxylic acids is 3. The SMILES string of the molecule is CCCCCCCCCCCCCCCCCC(=O)OCC(CNC(=O)CC(N)C(=O)O)OC(=O)CCCCCCCCCCCCCCCCC. The standard InChI is InChI=1S/C43H82N2O7/c1-3-5-7-9-11-13-15-17-19-21-23-25-27-29-31-33-41(47)51-37-38(36-45-40(46)35-39(44)43(49)50)52-42(48)34-32-30-28-26-24-22-20-18-16-14-12-10-8-6-4-2/h38-39H,3-37,44H2,1-2H3,(H,45,46)(H,49,50). The predicted octanol–water partition coefficient (Wildman–Crippen LogP) is 10.9. The van der Waals surface area contributed by atoms with Crippen LogP contribution in [0, 0.1) is 0 Å². The lowest BCUT2D eigenvalue weighted by Gasteiger charge is -2.19. The molecule has 1 amide bonds. The first-order valence-electron chi connectivity index (χ1n) is 21.9. The molecule has 52 heavy (non-hydrogen) atoms. The highest BCUT2D eigenvalue weighted by Gasteiger charge is 2.21. The monoisotopic (exact) mass is 739 g/mol. The van der Waals surface area contributed by atoms with Gasteiger partial charge in [-0.2, -0.15) is 0 Å². The van der Waals surface area contributed by atoms with Crippen molar-refractivity contribution in [3.63, 3.8) is 0 Å². The molecule has 0 fully saturated rings. The van der Waals surface area contributed by atoms with Crippen molar-refractivity contribution in [2.24, 2.45) is 5.73 Å². The highest BCUT2D eigenvalue weighted by molar-refractivity contribution is 5.84. The zero-order chi connectivity index (χ0) is 38.3. The van der Waals surface area contributed by atoms with E-state index in [1.807, 2.05) is 0 Å². The van der Waals surface area contributed by atoms with E-state index in [1.54, 1.807) is 0 Å². The maximum Gasteiger partial charge on any atom is 0.321 e. The number of carboxylic acid groups (broad SMARTS) is 1. The molecule has 9 nitrogen and oxygen atoms in total. The molecule has 0 aromatic carbocycles. The average Bonchev–Trinajstić information content (AvgIpc) is 3.12. The van der Waals surface area contributed by atoms with Gasteiger partial charge in [-0.15, -0.1) is 0 Å². The van der Waals surface area contributed by atoms with Crippen molar-refractivity contribution in [3.8, 4) is 0 Å². The Morgan fingerprint density at radius 2 is 0.846 bits per heavy atom. The van der Waals surface area contributed by atoms with E-state index in [4.69, 9.17) is 20.3 Å². The van der Waals surface area contributed by atoms with Gasteiger partial charge in [0.1, 0.15) is 12.6 Å². The minimum atomic E-state index is -1.32. The molecule has 2 atom stereocenters. The molecule has 4 N–H and O–H groups in total. The molecule has 0 radical (unpaired) electrons. The molecule has 0 saturated heterocycles. The van der Waals surface area contributed by atoms with Crippen LogP contribution in [-0.4, -0.2) is 54.2 Å². The van der Waals surface area contributed by atoms with Crippen LogP contribution >= 0.6 is 0 Å². The number of hydrogen-bond acceptors (Lipinski definition) is 7. The summed E-state index contributed by atoms with van der Waals surface area (Å²) in [5, 5.41) is 11.5. The Labute approximate surface area is 319 Å². The summed E-state index contributed by atoms with van der Waals surface area (Å²) in [5.41, 5.74) is 5.47. The first-order chi connectivity index (χ1) is 25.3. The summed E-state index contributed by atoms with van der Waals surface area (Å²) in [7, 11) is 0. The van der Waals surface area contributed by atoms with Gasteiger partial charge in [0.2, 0.25) is 5.91 Å². The van der Waals surface area contributed by atoms with E-state index in [2.05, 4.69) is 19.2 Å². The van der Waals surface area contributed by atoms with Crippen LogP contribution in [0.25, 0.3) is 0 Å². The van der Waals surface area contributed by atoms with Crippen molar-refractivity contribution >= 4 is 23.8 Å². The van der Waals surface area contributed by atoms with Crippen molar-refractivity contribution in [1.29, 1.82) is 0 Å². The molecule has 0 spiro atoms. The van der Waals surface area contributed by atoms with E-state index in [9.17, 15) is 19.2 Å². The van der Waals surface area contributed by atoms with Crippen LogP contribution in [0.1, 0.15) is 226 Å². The van der Waals surface area contributed by atoms with E-state index in [0.29, 0.717) is 6.42 Å². The number of carbonyl (C=O) groups is 4. The smallest absolute Gasteiger partial charge is 0.321 e. The molecular weight excluding hydrogens is 656 g/mol. The van der Waals surface area contributed by atoms with Crippen molar-refractivity contribution < 1.29 is 33.8 Å². The number of esters is 2. The van der Waals surface area contributed by atoms with Crippen molar-refractivity contribution in [3.05, 3.63) is 0 Å². The van der Waals surface area contributed by atoms with Crippen LogP contribution < -0.4 is 11.1 Å². The van der Waals surface area contributed by atoms with Gasteiger partial charge in [0.05, 0.1) is 13.0 Å². The topological polar surface area (TPSA) is 145 Å². The van der Waals surface area contributed by atoms with Crippen LogP contribution in [0.15, 0.2) is 0 Å². The van der Waals surface area contributed by atoms with E-state index in [-0.39, 0.29) is 25.5 Å². The summed E-state index contributed by atoms with van der Waals surface area (Å²) < 4.78 is 11.0. The van der Waals surface area contributed by atoms with E-state index >= 15 is 0 Å². The Morgan fingerprint density at radius 1 is 0.519 bits per heavy atom. The molecular formula is C43H82N2O7. The molecule has 0 aromatic rings. The molecule has 0 aliphatic heterocycles. The molecule has 0 aliphatic rings. The maximum absolute atomic E-state index is 12.6. The second kappa shape index (κ2) is 38.6. The fraction of sp³-hybridized carbons (Fsp3) is 0.907. The first kappa shape index (κ1) is 49.8. The highest BCUT2D eigenvalue weighted by atomic mass is 16.6. The first-order valence-corrected chi connectivity index (χ1v) is 21.9. The average molecular weight is 739 g/mol. The third kappa shape index (κ3) is 36.2. The van der Waals surface area contributed by atoms with Gasteiger partial charge in [0, 0.05) is 12.8 Å². The molecule has 9 heteroatoms. The Morgan fingerprint density at radius 3 is 1.19 bits per heavy atom. The number of nitrogens with two attached hydrogens (primary N) is 1. The lowest BCUT2D eigenvalue weighted by molar-refractivity contribution is -0.159. The molecule has 0 aromatic heterocycles. The third-order valence-corrected chi connectivity index (χ3v) is 9.95. The number of rotatable bonds is 40. The summed E-state index contributed by atoms with van der Waals surface area (Å²) >= 11 is 0. The maximum atomic E-state index is 12.6. The number of ether oxygens (including phenoxy) is 2. The van der Waals surface area contributed by atoms with Crippen LogP contribution in [-0.2, 0) is 28.7 Å². The number of aliphatic carboxylic acids is 1.